The normalized spacial score (nSPS) is 22.9. The molecule has 1 saturated carbocycles. The van der Waals surface area contributed by atoms with E-state index in [4.69, 9.17) is 10.5 Å². The summed E-state index contributed by atoms with van der Waals surface area (Å²) in [5.74, 6) is 0.956. The van der Waals surface area contributed by atoms with Crippen molar-refractivity contribution in [1.29, 1.82) is 0 Å². The van der Waals surface area contributed by atoms with Crippen LogP contribution in [0.1, 0.15) is 36.0 Å². The summed E-state index contributed by atoms with van der Waals surface area (Å²) in [5.41, 5.74) is 7.80. The number of nitrogens with zero attached hydrogens (tertiary/aromatic N) is 2. The van der Waals surface area contributed by atoms with Gasteiger partial charge in [0, 0.05) is 30.5 Å². The number of anilines is 1. The molecule has 2 unspecified atom stereocenters. The molecular weight excluding hydrogens is 292 g/mol. The predicted molar refractivity (Wildman–Crippen MR) is 87.1 cm³/mol. The van der Waals surface area contributed by atoms with Gasteiger partial charge in [-0.3, -0.25) is 4.79 Å². The number of rotatable bonds is 4. The minimum absolute atomic E-state index is 0.0620. The van der Waals surface area contributed by atoms with E-state index in [0.29, 0.717) is 23.1 Å². The van der Waals surface area contributed by atoms with E-state index in [1.165, 1.54) is 12.8 Å². The lowest BCUT2D eigenvalue weighted by molar-refractivity contribution is 0.0348. The van der Waals surface area contributed by atoms with Crippen molar-refractivity contribution in [2.75, 3.05) is 18.9 Å². The molecule has 0 spiro atoms. The minimum Gasteiger partial charge on any atom is -0.399 e. The van der Waals surface area contributed by atoms with Crippen LogP contribution in [0.25, 0.3) is 5.52 Å². The van der Waals surface area contributed by atoms with Gasteiger partial charge in [0.1, 0.15) is 0 Å². The van der Waals surface area contributed by atoms with Gasteiger partial charge in [-0.1, -0.05) is 0 Å². The maximum absolute atomic E-state index is 12.8. The quantitative estimate of drug-likeness (QED) is 0.902. The van der Waals surface area contributed by atoms with Crippen LogP contribution in [-0.2, 0) is 4.74 Å². The summed E-state index contributed by atoms with van der Waals surface area (Å²) < 4.78 is 7.30. The number of nitrogens with two attached hydrogens (primary N) is 1. The Balaban J connectivity index is 1.56. The first kappa shape index (κ1) is 14.5. The van der Waals surface area contributed by atoms with E-state index in [0.717, 1.165) is 31.6 Å². The van der Waals surface area contributed by atoms with Gasteiger partial charge in [-0.15, -0.1) is 0 Å². The highest BCUT2D eigenvalue weighted by molar-refractivity contribution is 6.01. The number of nitrogen functional groups attached to an aromatic ring is 1. The fourth-order valence-corrected chi connectivity index (χ4v) is 3.53. The first-order valence-electron chi connectivity index (χ1n) is 8.34. The zero-order valence-corrected chi connectivity index (χ0v) is 13.1. The molecule has 0 radical (unpaired) electrons. The molecule has 2 aliphatic rings. The van der Waals surface area contributed by atoms with Crippen molar-refractivity contribution in [3.8, 4) is 0 Å². The number of aromatic nitrogens is 2. The number of nitrogens with one attached hydrogen (secondary N) is 1. The third kappa shape index (κ3) is 2.91. The van der Waals surface area contributed by atoms with Crippen molar-refractivity contribution < 1.29 is 9.53 Å². The Morgan fingerprint density at radius 3 is 3.00 bits per heavy atom. The number of carbonyl (C=O) groups is 1. The lowest BCUT2D eigenvalue weighted by atomic mass is 9.90. The molecule has 1 saturated heterocycles. The number of amides is 1. The van der Waals surface area contributed by atoms with Gasteiger partial charge in [-0.25, -0.2) is 4.52 Å². The van der Waals surface area contributed by atoms with Crippen LogP contribution in [0.4, 0.5) is 5.69 Å². The van der Waals surface area contributed by atoms with Crippen LogP contribution >= 0.6 is 0 Å². The Kier molecular flexibility index (Phi) is 3.69. The van der Waals surface area contributed by atoms with Crippen molar-refractivity contribution >= 4 is 17.1 Å². The Morgan fingerprint density at radius 2 is 2.26 bits per heavy atom. The van der Waals surface area contributed by atoms with Crippen LogP contribution in [-0.4, -0.2) is 34.8 Å². The largest absolute Gasteiger partial charge is 0.399 e. The molecule has 3 heterocycles. The molecule has 122 valence electrons. The van der Waals surface area contributed by atoms with E-state index in [-0.39, 0.29) is 11.9 Å². The molecule has 2 aromatic heterocycles. The molecule has 2 aromatic rings. The number of fused-ring (bicyclic) bond motifs is 1. The highest BCUT2D eigenvalue weighted by atomic mass is 16.5. The molecular formula is C17H22N4O2. The van der Waals surface area contributed by atoms with Crippen LogP contribution in [0.15, 0.2) is 24.5 Å². The molecule has 6 nitrogen and oxygen atoms in total. The molecule has 2 fully saturated rings. The van der Waals surface area contributed by atoms with Crippen molar-refractivity contribution in [2.45, 2.75) is 31.7 Å². The highest BCUT2D eigenvalue weighted by Crippen LogP contribution is 2.38. The summed E-state index contributed by atoms with van der Waals surface area (Å²) in [6.07, 6.45) is 7.99. The smallest absolute Gasteiger partial charge is 0.255 e. The zero-order valence-electron chi connectivity index (χ0n) is 13.1. The van der Waals surface area contributed by atoms with Gasteiger partial charge >= 0.3 is 0 Å². The van der Waals surface area contributed by atoms with Gasteiger partial charge in [0.15, 0.2) is 0 Å². The highest BCUT2D eigenvalue weighted by Gasteiger charge is 2.38. The van der Waals surface area contributed by atoms with Gasteiger partial charge in [0.05, 0.1) is 23.9 Å². The second-order valence-corrected chi connectivity index (χ2v) is 6.66. The molecule has 0 aromatic carbocycles. The Morgan fingerprint density at radius 1 is 1.39 bits per heavy atom. The fraction of sp³-hybridized carbons (Fsp3) is 0.529. The maximum Gasteiger partial charge on any atom is 0.255 e. The molecule has 4 rings (SSSR count). The summed E-state index contributed by atoms with van der Waals surface area (Å²) in [6, 6.07) is 3.77. The van der Waals surface area contributed by atoms with Crippen LogP contribution < -0.4 is 11.1 Å². The molecule has 23 heavy (non-hydrogen) atoms. The molecule has 0 bridgehead atoms. The van der Waals surface area contributed by atoms with Gasteiger partial charge in [0.2, 0.25) is 0 Å². The number of hydrogen-bond acceptors (Lipinski definition) is 4. The molecule has 3 N–H and O–H groups in total. The topological polar surface area (TPSA) is 81.7 Å². The van der Waals surface area contributed by atoms with E-state index in [1.807, 2.05) is 0 Å². The molecule has 1 amide bonds. The molecule has 2 atom stereocenters. The Bertz CT molecular complexity index is 716. The predicted octanol–water partition coefficient (Wildman–Crippen LogP) is 1.85. The summed E-state index contributed by atoms with van der Waals surface area (Å²) in [4.78, 5) is 12.8. The van der Waals surface area contributed by atoms with Crippen molar-refractivity contribution in [1.82, 2.24) is 14.9 Å². The first-order chi connectivity index (χ1) is 11.2. The minimum atomic E-state index is -0.0620. The summed E-state index contributed by atoms with van der Waals surface area (Å²) in [6.45, 7) is 1.60. The van der Waals surface area contributed by atoms with E-state index >= 15 is 0 Å². The lowest BCUT2D eigenvalue weighted by Crippen LogP contribution is -2.44. The second kappa shape index (κ2) is 5.85. The van der Waals surface area contributed by atoms with Gasteiger partial charge in [-0.2, -0.15) is 5.10 Å². The van der Waals surface area contributed by atoms with Crippen LogP contribution in [0.2, 0.25) is 0 Å². The standard InChI is InChI=1S/C17H22N4O2/c18-13-5-6-21-15(8-13)14(9-19-21)17(22)20-16(11-3-4-11)12-2-1-7-23-10-12/h5-6,8-9,11-12,16H,1-4,7,10,18H2,(H,20,22). The average molecular weight is 314 g/mol. The number of hydrogen-bond donors (Lipinski definition) is 2. The van der Waals surface area contributed by atoms with E-state index in [9.17, 15) is 4.79 Å². The number of pyridine rings is 1. The van der Waals surface area contributed by atoms with Crippen LogP contribution in [0.5, 0.6) is 0 Å². The van der Waals surface area contributed by atoms with Gasteiger partial charge in [-0.05, 0) is 43.7 Å². The lowest BCUT2D eigenvalue weighted by Gasteiger charge is -2.31. The van der Waals surface area contributed by atoms with Crippen molar-refractivity contribution in [3.63, 3.8) is 0 Å². The number of carbonyl (C=O) groups excluding carboxylic acids is 1. The summed E-state index contributed by atoms with van der Waals surface area (Å²) >= 11 is 0. The number of ether oxygens (including phenoxy) is 1. The summed E-state index contributed by atoms with van der Waals surface area (Å²) in [7, 11) is 0. The maximum atomic E-state index is 12.8. The van der Waals surface area contributed by atoms with Gasteiger partial charge < -0.3 is 15.8 Å². The third-order valence-corrected chi connectivity index (χ3v) is 4.92. The fourth-order valence-electron chi connectivity index (χ4n) is 3.53. The second-order valence-electron chi connectivity index (χ2n) is 6.66. The molecule has 6 heteroatoms. The summed E-state index contributed by atoms with van der Waals surface area (Å²) in [5, 5.41) is 7.49. The Labute approximate surface area is 135 Å². The van der Waals surface area contributed by atoms with Crippen LogP contribution in [0.3, 0.4) is 0 Å². The van der Waals surface area contributed by atoms with E-state index < -0.39 is 0 Å². The van der Waals surface area contributed by atoms with E-state index in [1.54, 1.807) is 29.0 Å². The molecule has 1 aliphatic heterocycles. The Hall–Kier alpha value is -2.08. The van der Waals surface area contributed by atoms with Crippen molar-refractivity contribution in [2.24, 2.45) is 11.8 Å². The monoisotopic (exact) mass is 314 g/mol. The average Bonchev–Trinajstić information content (AvgIpc) is 3.32. The van der Waals surface area contributed by atoms with Crippen molar-refractivity contribution in [3.05, 3.63) is 30.1 Å². The molecule has 1 aliphatic carbocycles. The van der Waals surface area contributed by atoms with E-state index in [2.05, 4.69) is 10.4 Å². The third-order valence-electron chi connectivity index (χ3n) is 4.92. The first-order valence-corrected chi connectivity index (χ1v) is 8.34. The SMILES string of the molecule is Nc1ccn2ncc(C(=O)NC(C3CC3)C3CCCOC3)c2c1. The van der Waals surface area contributed by atoms with Crippen LogP contribution in [0, 0.1) is 11.8 Å². The van der Waals surface area contributed by atoms with Gasteiger partial charge in [0.25, 0.3) is 5.91 Å². The zero-order chi connectivity index (χ0) is 15.8.